The SMILES string of the molecule is CNc1nc(NC2=CCC(=NS(=O)(=O)C(C)(C)C)C=C2)c(C(=O)OC)nc1-c1cncc2c1ncn2C. The van der Waals surface area contributed by atoms with E-state index in [4.69, 9.17) is 4.74 Å². The van der Waals surface area contributed by atoms with Gasteiger partial charge in [-0.05, 0) is 32.9 Å². The smallest absolute Gasteiger partial charge is 0.360 e. The normalized spacial score (nSPS) is 15.1. The number of nitrogens with one attached hydrogen (secondary N) is 2. The second-order valence-electron chi connectivity index (χ2n) is 9.26. The van der Waals surface area contributed by atoms with Gasteiger partial charge in [-0.3, -0.25) is 4.98 Å². The van der Waals surface area contributed by atoms with Gasteiger partial charge in [0.05, 0.1) is 41.2 Å². The molecule has 1 aliphatic rings. The van der Waals surface area contributed by atoms with E-state index in [1.54, 1.807) is 64.8 Å². The van der Waals surface area contributed by atoms with Gasteiger partial charge in [-0.2, -0.15) is 4.40 Å². The van der Waals surface area contributed by atoms with Crippen LogP contribution in [0.5, 0.6) is 0 Å². The van der Waals surface area contributed by atoms with E-state index in [-0.39, 0.29) is 17.9 Å². The number of allylic oxidation sites excluding steroid dienone is 3. The fourth-order valence-electron chi connectivity index (χ4n) is 3.46. The molecule has 0 spiro atoms. The fraction of sp³-hybridized carbons (Fsp3) is 0.333. The number of hydrogen-bond acceptors (Lipinski definition) is 10. The summed E-state index contributed by atoms with van der Waals surface area (Å²) in [5.74, 6) is -0.118. The molecule has 2 N–H and O–H groups in total. The van der Waals surface area contributed by atoms with Gasteiger partial charge in [0.25, 0.3) is 10.0 Å². The maximum atomic E-state index is 12.7. The van der Waals surface area contributed by atoms with Crippen molar-refractivity contribution in [2.24, 2.45) is 11.4 Å². The Morgan fingerprint density at radius 2 is 1.92 bits per heavy atom. The number of esters is 1. The molecule has 13 heteroatoms. The van der Waals surface area contributed by atoms with Crippen LogP contribution in [0.2, 0.25) is 0 Å². The molecule has 0 aliphatic heterocycles. The quantitative estimate of drug-likeness (QED) is 0.460. The molecule has 194 valence electrons. The zero-order valence-corrected chi connectivity index (χ0v) is 22.2. The lowest BCUT2D eigenvalue weighted by atomic mass is 10.1. The summed E-state index contributed by atoms with van der Waals surface area (Å²) in [5.41, 5.74) is 3.41. The minimum Gasteiger partial charge on any atom is -0.464 e. The van der Waals surface area contributed by atoms with Crippen LogP contribution >= 0.6 is 0 Å². The zero-order chi connectivity index (χ0) is 27.0. The van der Waals surface area contributed by atoms with Gasteiger partial charge in [0.2, 0.25) is 0 Å². The molecule has 1 aliphatic carbocycles. The Labute approximate surface area is 214 Å². The first kappa shape index (κ1) is 25.9. The summed E-state index contributed by atoms with van der Waals surface area (Å²) < 4.78 is 34.6. The lowest BCUT2D eigenvalue weighted by Gasteiger charge is -2.18. The minimum absolute atomic E-state index is 0.0338. The summed E-state index contributed by atoms with van der Waals surface area (Å²) in [5, 5.41) is 6.12. The summed E-state index contributed by atoms with van der Waals surface area (Å²) >= 11 is 0. The van der Waals surface area contributed by atoms with Crippen LogP contribution < -0.4 is 10.6 Å². The van der Waals surface area contributed by atoms with Gasteiger partial charge < -0.3 is 19.9 Å². The maximum Gasteiger partial charge on any atom is 0.360 e. The van der Waals surface area contributed by atoms with E-state index in [1.807, 2.05) is 11.6 Å². The molecule has 37 heavy (non-hydrogen) atoms. The third-order valence-corrected chi connectivity index (χ3v) is 7.69. The van der Waals surface area contributed by atoms with Gasteiger partial charge in [-0.1, -0.05) is 6.08 Å². The zero-order valence-electron chi connectivity index (χ0n) is 21.4. The highest BCUT2D eigenvalue weighted by atomic mass is 32.2. The van der Waals surface area contributed by atoms with Crippen molar-refractivity contribution in [2.75, 3.05) is 24.8 Å². The van der Waals surface area contributed by atoms with E-state index in [0.29, 0.717) is 34.0 Å². The Morgan fingerprint density at radius 1 is 1.16 bits per heavy atom. The number of carbonyl (C=O) groups excluding carboxylic acids is 1. The number of hydrogen-bond donors (Lipinski definition) is 2. The Balaban J connectivity index is 1.72. The number of nitrogens with zero attached hydrogens (tertiary/aromatic N) is 6. The molecule has 12 nitrogen and oxygen atoms in total. The summed E-state index contributed by atoms with van der Waals surface area (Å²) in [7, 11) is 1.15. The molecule has 0 atom stereocenters. The van der Waals surface area contributed by atoms with Crippen molar-refractivity contribution in [3.05, 3.63) is 48.3 Å². The van der Waals surface area contributed by atoms with Gasteiger partial charge in [0.15, 0.2) is 17.3 Å². The topological polar surface area (TPSA) is 153 Å². The van der Waals surface area contributed by atoms with E-state index < -0.39 is 20.7 Å². The standard InChI is InChI=1S/C24H28N8O4S/c1-24(2,3)37(34,35)31-15-9-7-14(8-10-15)28-22-20(23(33)36-6)29-19(21(25-4)30-22)16-11-26-12-17-18(16)27-13-32(17)5/h7-9,11-13H,10H2,1-6H3,(H2,25,28,30). The van der Waals surface area contributed by atoms with Crippen molar-refractivity contribution in [1.29, 1.82) is 0 Å². The number of imidazole rings is 1. The Bertz CT molecular complexity index is 1580. The molecule has 0 unspecified atom stereocenters. The number of anilines is 2. The summed E-state index contributed by atoms with van der Waals surface area (Å²) in [6.07, 6.45) is 10.3. The molecule has 3 aromatic heterocycles. The molecule has 0 bridgehead atoms. The molecular weight excluding hydrogens is 496 g/mol. The molecule has 0 saturated carbocycles. The number of sulfonamides is 1. The molecule has 0 saturated heterocycles. The Kier molecular flexibility index (Phi) is 6.82. The van der Waals surface area contributed by atoms with Crippen LogP contribution in [-0.2, 0) is 21.8 Å². The first-order valence-electron chi connectivity index (χ1n) is 11.4. The molecule has 0 fully saturated rings. The molecule has 3 aromatic rings. The monoisotopic (exact) mass is 524 g/mol. The van der Waals surface area contributed by atoms with E-state index in [1.165, 1.54) is 7.11 Å². The number of aromatic nitrogens is 5. The highest BCUT2D eigenvalue weighted by Gasteiger charge is 2.29. The minimum atomic E-state index is -3.67. The van der Waals surface area contributed by atoms with Crippen LogP contribution in [-0.4, -0.2) is 63.5 Å². The maximum absolute atomic E-state index is 12.7. The number of aryl methyl sites for hydroxylation is 1. The van der Waals surface area contributed by atoms with Gasteiger partial charge in [0.1, 0.15) is 11.2 Å². The average Bonchev–Trinajstić information content (AvgIpc) is 3.24. The van der Waals surface area contributed by atoms with Gasteiger partial charge in [-0.25, -0.2) is 28.2 Å². The molecule has 0 aromatic carbocycles. The molecular formula is C24H28N8O4S. The van der Waals surface area contributed by atoms with Crippen molar-refractivity contribution in [2.45, 2.75) is 31.9 Å². The van der Waals surface area contributed by atoms with Crippen molar-refractivity contribution in [3.8, 4) is 11.3 Å². The van der Waals surface area contributed by atoms with E-state index in [2.05, 4.69) is 35.0 Å². The largest absolute Gasteiger partial charge is 0.464 e. The van der Waals surface area contributed by atoms with Crippen LogP contribution in [0.3, 0.4) is 0 Å². The summed E-state index contributed by atoms with van der Waals surface area (Å²) in [6, 6.07) is 0. The predicted octanol–water partition coefficient (Wildman–Crippen LogP) is 3.08. The second-order valence-corrected chi connectivity index (χ2v) is 11.6. The van der Waals surface area contributed by atoms with Crippen LogP contribution in [0, 0.1) is 0 Å². The lowest BCUT2D eigenvalue weighted by Crippen LogP contribution is -2.26. The lowest BCUT2D eigenvalue weighted by molar-refractivity contribution is 0.0595. The summed E-state index contributed by atoms with van der Waals surface area (Å²) in [6.45, 7) is 4.80. The second kappa shape index (κ2) is 9.73. The van der Waals surface area contributed by atoms with Gasteiger partial charge in [-0.15, -0.1) is 0 Å². The van der Waals surface area contributed by atoms with E-state index in [0.717, 1.165) is 5.52 Å². The van der Waals surface area contributed by atoms with Crippen molar-refractivity contribution in [3.63, 3.8) is 0 Å². The highest BCUT2D eigenvalue weighted by molar-refractivity contribution is 7.91. The van der Waals surface area contributed by atoms with Crippen molar-refractivity contribution >= 4 is 44.4 Å². The number of rotatable bonds is 6. The van der Waals surface area contributed by atoms with Gasteiger partial charge >= 0.3 is 5.97 Å². The molecule has 0 radical (unpaired) electrons. The van der Waals surface area contributed by atoms with Gasteiger partial charge in [0, 0.05) is 32.4 Å². The van der Waals surface area contributed by atoms with E-state index in [9.17, 15) is 13.2 Å². The first-order chi connectivity index (χ1) is 17.4. The Morgan fingerprint density at radius 3 is 2.54 bits per heavy atom. The Hall–Kier alpha value is -4.13. The molecule has 3 heterocycles. The summed E-state index contributed by atoms with van der Waals surface area (Å²) in [4.78, 5) is 30.6. The highest BCUT2D eigenvalue weighted by Crippen LogP contribution is 2.32. The molecule has 4 rings (SSSR count). The molecule has 0 amide bonds. The van der Waals surface area contributed by atoms with Crippen LogP contribution in [0.25, 0.3) is 22.3 Å². The third-order valence-electron chi connectivity index (χ3n) is 5.67. The number of ether oxygens (including phenoxy) is 1. The third kappa shape index (κ3) is 5.07. The fourth-order valence-corrected chi connectivity index (χ4v) is 4.18. The predicted molar refractivity (Wildman–Crippen MR) is 142 cm³/mol. The number of fused-ring (bicyclic) bond motifs is 1. The van der Waals surface area contributed by atoms with Crippen LogP contribution in [0.1, 0.15) is 37.7 Å². The number of carbonyl (C=O) groups is 1. The number of pyridine rings is 1. The van der Waals surface area contributed by atoms with E-state index >= 15 is 0 Å². The van der Waals surface area contributed by atoms with Crippen molar-refractivity contribution < 1.29 is 17.9 Å². The first-order valence-corrected chi connectivity index (χ1v) is 12.8. The van der Waals surface area contributed by atoms with Crippen LogP contribution in [0.4, 0.5) is 11.6 Å². The average molecular weight is 525 g/mol. The van der Waals surface area contributed by atoms with Crippen molar-refractivity contribution in [1.82, 2.24) is 24.5 Å². The van der Waals surface area contributed by atoms with Crippen LogP contribution in [0.15, 0.2) is 47.0 Å². The number of methoxy groups -OCH3 is 1.